The van der Waals surface area contributed by atoms with E-state index in [0.29, 0.717) is 11.4 Å². The molecule has 0 amide bonds. The Labute approximate surface area is 194 Å². The van der Waals surface area contributed by atoms with E-state index in [1.54, 1.807) is 17.4 Å². The highest BCUT2D eigenvalue weighted by Crippen LogP contribution is 2.43. The number of halogens is 1. The second-order valence-corrected chi connectivity index (χ2v) is 9.33. The molecule has 6 atom stereocenters. The number of phenols is 1. The van der Waals surface area contributed by atoms with Crippen LogP contribution in [0, 0.1) is 0 Å². The lowest BCUT2D eigenvalue weighted by Crippen LogP contribution is -2.55. The Hall–Kier alpha value is -1.97. The van der Waals surface area contributed by atoms with E-state index in [1.165, 1.54) is 6.07 Å². The standard InChI is InChI=1S/C24H25ClO6S/c25-17-11-18(27)16(24-23(30)22(29)21(28)19(12-26)31-24)10-14(17)15(20-7-4-8-32-20)9-13-5-2-1-3-6-13/h1-8,10-11,15,19,21-24,26-30H,9,12H2/t15?,19-,21-,22+,23-,24?/m1/s1. The zero-order valence-electron chi connectivity index (χ0n) is 17.1. The van der Waals surface area contributed by atoms with Gasteiger partial charge in [-0.2, -0.15) is 0 Å². The molecule has 0 aliphatic carbocycles. The lowest BCUT2D eigenvalue weighted by atomic mass is 9.86. The Bertz CT molecular complexity index is 1030. The molecule has 3 aromatic rings. The molecule has 170 valence electrons. The lowest BCUT2D eigenvalue weighted by Gasteiger charge is -2.40. The molecule has 1 saturated heterocycles. The van der Waals surface area contributed by atoms with Crippen molar-refractivity contribution in [3.8, 4) is 5.75 Å². The van der Waals surface area contributed by atoms with Crippen LogP contribution in [0.2, 0.25) is 5.02 Å². The zero-order valence-corrected chi connectivity index (χ0v) is 18.7. The van der Waals surface area contributed by atoms with Gasteiger partial charge in [-0.1, -0.05) is 48.0 Å². The van der Waals surface area contributed by atoms with Gasteiger partial charge in [-0.05, 0) is 41.1 Å². The third-order valence-electron chi connectivity index (χ3n) is 5.89. The molecule has 8 heteroatoms. The van der Waals surface area contributed by atoms with E-state index in [1.807, 2.05) is 47.8 Å². The molecule has 4 rings (SSSR count). The smallest absolute Gasteiger partial charge is 0.122 e. The van der Waals surface area contributed by atoms with E-state index in [9.17, 15) is 25.5 Å². The molecule has 2 heterocycles. The molecule has 1 aromatic heterocycles. The van der Waals surface area contributed by atoms with Crippen LogP contribution >= 0.6 is 22.9 Å². The maximum atomic E-state index is 10.6. The van der Waals surface area contributed by atoms with Gasteiger partial charge in [-0.25, -0.2) is 0 Å². The first-order valence-electron chi connectivity index (χ1n) is 10.3. The monoisotopic (exact) mass is 476 g/mol. The van der Waals surface area contributed by atoms with Crippen LogP contribution in [0.4, 0.5) is 0 Å². The van der Waals surface area contributed by atoms with Crippen LogP contribution in [0.15, 0.2) is 60.0 Å². The van der Waals surface area contributed by atoms with Gasteiger partial charge in [0.2, 0.25) is 0 Å². The third-order valence-corrected chi connectivity index (χ3v) is 7.20. The average Bonchev–Trinajstić information content (AvgIpc) is 3.33. The molecule has 5 N–H and O–H groups in total. The summed E-state index contributed by atoms with van der Waals surface area (Å²) in [6.07, 6.45) is -6.07. The predicted molar refractivity (Wildman–Crippen MR) is 122 cm³/mol. The summed E-state index contributed by atoms with van der Waals surface area (Å²) in [5.74, 6) is -0.318. The molecular weight excluding hydrogens is 452 g/mol. The van der Waals surface area contributed by atoms with Crippen molar-refractivity contribution >= 4 is 22.9 Å². The Balaban J connectivity index is 1.76. The Morgan fingerprint density at radius 1 is 0.969 bits per heavy atom. The summed E-state index contributed by atoms with van der Waals surface area (Å²) in [5, 5.41) is 53.3. The molecule has 0 bridgehead atoms. The predicted octanol–water partition coefficient (Wildman–Crippen LogP) is 3.00. The molecule has 0 saturated carbocycles. The summed E-state index contributed by atoms with van der Waals surface area (Å²) >= 11 is 8.17. The van der Waals surface area contributed by atoms with Gasteiger partial charge in [0.15, 0.2) is 0 Å². The molecule has 6 nitrogen and oxygen atoms in total. The number of hydrogen-bond donors (Lipinski definition) is 5. The first-order chi connectivity index (χ1) is 15.4. The number of rotatable bonds is 6. The number of aliphatic hydroxyl groups excluding tert-OH is 4. The minimum absolute atomic E-state index is 0.117. The van der Waals surface area contributed by atoms with Crippen LogP contribution < -0.4 is 0 Å². The average molecular weight is 477 g/mol. The summed E-state index contributed by atoms with van der Waals surface area (Å²) in [4.78, 5) is 1.08. The molecule has 1 aliphatic heterocycles. The second-order valence-electron chi connectivity index (χ2n) is 7.94. The first kappa shape index (κ1) is 23.2. The van der Waals surface area contributed by atoms with Crippen molar-refractivity contribution in [2.75, 3.05) is 6.61 Å². The number of benzene rings is 2. The molecule has 0 spiro atoms. The Morgan fingerprint density at radius 3 is 2.38 bits per heavy atom. The minimum atomic E-state index is -1.54. The molecule has 2 aromatic carbocycles. The van der Waals surface area contributed by atoms with E-state index in [0.717, 1.165) is 16.0 Å². The highest BCUT2D eigenvalue weighted by atomic mass is 35.5. The van der Waals surface area contributed by atoms with Crippen molar-refractivity contribution in [3.63, 3.8) is 0 Å². The van der Waals surface area contributed by atoms with Crippen molar-refractivity contribution in [2.24, 2.45) is 0 Å². The van der Waals surface area contributed by atoms with Crippen molar-refractivity contribution in [3.05, 3.63) is 86.6 Å². The second kappa shape index (κ2) is 9.89. The minimum Gasteiger partial charge on any atom is -0.508 e. The Morgan fingerprint density at radius 2 is 1.72 bits per heavy atom. The molecule has 0 radical (unpaired) electrons. The van der Waals surface area contributed by atoms with E-state index < -0.39 is 37.1 Å². The SMILES string of the molecule is OC[C@H]1OC(c2cc(C(Cc3ccccc3)c3cccs3)c(Cl)cc2O)[C@H](O)[C@@H](O)[C@@H]1O. The molecule has 32 heavy (non-hydrogen) atoms. The fraction of sp³-hybridized carbons (Fsp3) is 0.333. The fourth-order valence-corrected chi connectivity index (χ4v) is 5.29. The fourth-order valence-electron chi connectivity index (χ4n) is 4.15. The summed E-state index contributed by atoms with van der Waals surface area (Å²) < 4.78 is 5.67. The van der Waals surface area contributed by atoms with Gasteiger partial charge in [0.1, 0.15) is 36.3 Å². The molecule has 1 fully saturated rings. The topological polar surface area (TPSA) is 110 Å². The summed E-state index contributed by atoms with van der Waals surface area (Å²) in [5.41, 5.74) is 2.09. The molecule has 1 aliphatic rings. The van der Waals surface area contributed by atoms with Gasteiger partial charge in [0.25, 0.3) is 0 Å². The van der Waals surface area contributed by atoms with Crippen LogP contribution in [-0.4, -0.2) is 56.6 Å². The maximum absolute atomic E-state index is 10.6. The quantitative estimate of drug-likeness (QED) is 0.374. The van der Waals surface area contributed by atoms with Crippen LogP contribution in [0.1, 0.15) is 33.6 Å². The van der Waals surface area contributed by atoms with Crippen LogP contribution in [0.25, 0.3) is 0 Å². The van der Waals surface area contributed by atoms with Crippen LogP contribution in [0.5, 0.6) is 5.75 Å². The van der Waals surface area contributed by atoms with E-state index in [4.69, 9.17) is 16.3 Å². The number of phenolic OH excluding ortho intramolecular Hbond substituents is 1. The van der Waals surface area contributed by atoms with Crippen LogP contribution in [-0.2, 0) is 11.2 Å². The summed E-state index contributed by atoms with van der Waals surface area (Å²) in [6.45, 7) is -0.547. The first-order valence-corrected chi connectivity index (χ1v) is 11.6. The van der Waals surface area contributed by atoms with Crippen molar-refractivity contribution in [1.82, 2.24) is 0 Å². The van der Waals surface area contributed by atoms with Gasteiger partial charge in [0.05, 0.1) is 6.61 Å². The van der Waals surface area contributed by atoms with Gasteiger partial charge in [0, 0.05) is 21.4 Å². The zero-order chi connectivity index (χ0) is 22.8. The molecular formula is C24H25ClO6S. The van der Waals surface area contributed by atoms with Gasteiger partial charge in [-0.3, -0.25) is 0 Å². The van der Waals surface area contributed by atoms with E-state index >= 15 is 0 Å². The normalized spacial score (nSPS) is 26.7. The largest absolute Gasteiger partial charge is 0.508 e. The number of thiophene rings is 1. The summed E-state index contributed by atoms with van der Waals surface area (Å²) in [6, 6.07) is 17.0. The highest BCUT2D eigenvalue weighted by Gasteiger charge is 2.45. The maximum Gasteiger partial charge on any atom is 0.122 e. The van der Waals surface area contributed by atoms with Gasteiger partial charge in [-0.15, -0.1) is 11.3 Å². The van der Waals surface area contributed by atoms with Gasteiger partial charge < -0.3 is 30.3 Å². The van der Waals surface area contributed by atoms with E-state index in [2.05, 4.69) is 0 Å². The molecule has 2 unspecified atom stereocenters. The number of aromatic hydroxyl groups is 1. The van der Waals surface area contributed by atoms with Crippen molar-refractivity contribution in [1.29, 1.82) is 0 Å². The number of aliphatic hydroxyl groups is 4. The number of hydrogen-bond acceptors (Lipinski definition) is 7. The lowest BCUT2D eigenvalue weighted by molar-refractivity contribution is -0.232. The highest BCUT2D eigenvalue weighted by molar-refractivity contribution is 7.10. The summed E-state index contributed by atoms with van der Waals surface area (Å²) in [7, 11) is 0. The Kier molecular flexibility index (Phi) is 7.17. The van der Waals surface area contributed by atoms with Gasteiger partial charge >= 0.3 is 0 Å². The van der Waals surface area contributed by atoms with E-state index in [-0.39, 0.29) is 17.2 Å². The van der Waals surface area contributed by atoms with Crippen molar-refractivity contribution in [2.45, 2.75) is 42.9 Å². The number of ether oxygens (including phenoxy) is 1. The van der Waals surface area contributed by atoms with Crippen molar-refractivity contribution < 1.29 is 30.3 Å². The third kappa shape index (κ3) is 4.56. The van der Waals surface area contributed by atoms with Crippen LogP contribution in [0.3, 0.4) is 0 Å².